The van der Waals surface area contributed by atoms with Gasteiger partial charge in [-0.15, -0.1) is 0 Å². The van der Waals surface area contributed by atoms with Crippen LogP contribution in [0.4, 0.5) is 5.82 Å². The second kappa shape index (κ2) is 4.28. The van der Waals surface area contributed by atoms with Crippen LogP contribution in [0, 0.1) is 0 Å². The summed E-state index contributed by atoms with van der Waals surface area (Å²) in [6.07, 6.45) is 4.32. The van der Waals surface area contributed by atoms with Crippen molar-refractivity contribution in [1.29, 1.82) is 0 Å². The van der Waals surface area contributed by atoms with Crippen LogP contribution in [0.5, 0.6) is 0 Å². The van der Waals surface area contributed by atoms with E-state index in [4.69, 9.17) is 0 Å². The number of hydrogen-bond donors (Lipinski definition) is 2. The van der Waals surface area contributed by atoms with Crippen LogP contribution < -0.4 is 4.90 Å². The first kappa shape index (κ1) is 11.5. The second-order valence-electron chi connectivity index (χ2n) is 5.13. The molecule has 0 aliphatic carbocycles. The van der Waals surface area contributed by atoms with Crippen molar-refractivity contribution in [3.63, 3.8) is 0 Å². The third kappa shape index (κ3) is 1.86. The Kier molecular flexibility index (Phi) is 2.74. The van der Waals surface area contributed by atoms with Crippen LogP contribution in [0.15, 0.2) is 12.3 Å². The van der Waals surface area contributed by atoms with E-state index in [1.165, 1.54) is 0 Å². The number of hydrogen-bond acceptors (Lipinski definition) is 4. The average Bonchev–Trinajstić information content (AvgIpc) is 3.10. The van der Waals surface area contributed by atoms with Crippen LogP contribution in [0.25, 0.3) is 0 Å². The van der Waals surface area contributed by atoms with Gasteiger partial charge in [-0.25, -0.2) is 0 Å². The Morgan fingerprint density at radius 2 is 2.17 bits per heavy atom. The number of nitrogens with one attached hydrogen (secondary N) is 1. The summed E-state index contributed by atoms with van der Waals surface area (Å²) in [5, 5.41) is 17.4. The molecule has 3 heterocycles. The molecule has 1 atom stereocenters. The first-order chi connectivity index (χ1) is 8.69. The van der Waals surface area contributed by atoms with Crippen LogP contribution in [0.1, 0.15) is 19.3 Å². The number of H-pyrrole nitrogens is 1. The maximum Gasteiger partial charge on any atom is 0.256 e. The summed E-state index contributed by atoms with van der Waals surface area (Å²) in [4.78, 5) is 16.0. The molecule has 0 bridgehead atoms. The van der Waals surface area contributed by atoms with E-state index in [0.29, 0.717) is 19.5 Å². The molecule has 6 nitrogen and oxygen atoms in total. The van der Waals surface area contributed by atoms with Crippen LogP contribution in [-0.4, -0.2) is 57.9 Å². The number of likely N-dealkylation sites (tertiary alicyclic amines) is 1. The van der Waals surface area contributed by atoms with Crippen LogP contribution in [0.3, 0.4) is 0 Å². The lowest BCUT2D eigenvalue weighted by atomic mass is 10.0. The summed E-state index contributed by atoms with van der Waals surface area (Å²) >= 11 is 0. The molecule has 2 aliphatic heterocycles. The number of aliphatic hydroxyl groups is 1. The van der Waals surface area contributed by atoms with Crippen LogP contribution >= 0.6 is 0 Å². The minimum atomic E-state index is -1.23. The molecule has 0 spiro atoms. The van der Waals surface area contributed by atoms with Gasteiger partial charge < -0.3 is 14.9 Å². The molecule has 1 aromatic heterocycles. The van der Waals surface area contributed by atoms with Gasteiger partial charge >= 0.3 is 0 Å². The molecule has 1 amide bonds. The molecule has 6 heteroatoms. The third-order valence-corrected chi connectivity index (χ3v) is 3.85. The van der Waals surface area contributed by atoms with Crippen molar-refractivity contribution in [1.82, 2.24) is 15.1 Å². The molecule has 2 N–H and O–H groups in total. The fourth-order valence-corrected chi connectivity index (χ4v) is 2.81. The van der Waals surface area contributed by atoms with Gasteiger partial charge in [0.05, 0.1) is 6.54 Å². The molecule has 98 valence electrons. The van der Waals surface area contributed by atoms with Gasteiger partial charge in [-0.3, -0.25) is 9.89 Å². The molecule has 0 aromatic carbocycles. The van der Waals surface area contributed by atoms with E-state index in [2.05, 4.69) is 10.2 Å². The predicted octanol–water partition coefficient (Wildman–Crippen LogP) is -0.0267. The number of carbonyl (C=O) groups excluding carboxylic acids is 1. The van der Waals surface area contributed by atoms with Crippen molar-refractivity contribution in [2.24, 2.45) is 0 Å². The number of carbonyl (C=O) groups is 1. The first-order valence-electron chi connectivity index (χ1n) is 6.45. The summed E-state index contributed by atoms with van der Waals surface area (Å²) in [6, 6.07) is 1.85. The smallest absolute Gasteiger partial charge is 0.256 e. The quantitative estimate of drug-likeness (QED) is 0.773. The Morgan fingerprint density at radius 1 is 1.39 bits per heavy atom. The number of anilines is 1. The van der Waals surface area contributed by atoms with Crippen molar-refractivity contribution in [2.45, 2.75) is 24.9 Å². The predicted molar refractivity (Wildman–Crippen MR) is 66.2 cm³/mol. The van der Waals surface area contributed by atoms with Crippen LogP contribution in [0.2, 0.25) is 0 Å². The highest BCUT2D eigenvalue weighted by Crippen LogP contribution is 2.28. The topological polar surface area (TPSA) is 72.5 Å². The van der Waals surface area contributed by atoms with E-state index in [-0.39, 0.29) is 5.91 Å². The molecule has 1 unspecified atom stereocenters. The van der Waals surface area contributed by atoms with Gasteiger partial charge in [0.15, 0.2) is 5.60 Å². The Labute approximate surface area is 106 Å². The average molecular weight is 250 g/mol. The van der Waals surface area contributed by atoms with E-state index >= 15 is 0 Å². The van der Waals surface area contributed by atoms with Gasteiger partial charge in [-0.2, -0.15) is 5.10 Å². The molecule has 2 aliphatic rings. The molecular weight excluding hydrogens is 232 g/mol. The zero-order valence-corrected chi connectivity index (χ0v) is 10.3. The minimum absolute atomic E-state index is 0.113. The number of nitrogens with zero attached hydrogens (tertiary/aromatic N) is 3. The molecule has 2 saturated heterocycles. The monoisotopic (exact) mass is 250 g/mol. The summed E-state index contributed by atoms with van der Waals surface area (Å²) in [5.74, 6) is 0.679. The zero-order valence-electron chi connectivity index (χ0n) is 10.3. The van der Waals surface area contributed by atoms with Gasteiger partial charge in [0.2, 0.25) is 0 Å². The molecule has 18 heavy (non-hydrogen) atoms. The van der Waals surface area contributed by atoms with Gasteiger partial charge in [0.1, 0.15) is 5.82 Å². The Hall–Kier alpha value is -1.56. The van der Waals surface area contributed by atoms with E-state index in [0.717, 1.165) is 31.7 Å². The molecule has 1 aromatic rings. The number of aromatic nitrogens is 2. The standard InChI is InChI=1S/C12H18N4O2/c17-11(15-6-1-2-7-15)12(18)4-8-16(9-12)10-3-5-13-14-10/h3,5,18H,1-2,4,6-9H2,(H,13,14). The first-order valence-corrected chi connectivity index (χ1v) is 6.45. The summed E-state index contributed by atoms with van der Waals surface area (Å²) in [7, 11) is 0. The number of amides is 1. The Bertz CT molecular complexity index is 427. The van der Waals surface area contributed by atoms with Gasteiger partial charge in [-0.05, 0) is 12.8 Å². The van der Waals surface area contributed by atoms with Gasteiger partial charge in [0, 0.05) is 38.3 Å². The van der Waals surface area contributed by atoms with Gasteiger partial charge in [0.25, 0.3) is 5.91 Å². The summed E-state index contributed by atoms with van der Waals surface area (Å²) < 4.78 is 0. The Balaban J connectivity index is 1.71. The van der Waals surface area contributed by atoms with Crippen molar-refractivity contribution >= 4 is 11.7 Å². The van der Waals surface area contributed by atoms with E-state index in [1.54, 1.807) is 11.1 Å². The fraction of sp³-hybridized carbons (Fsp3) is 0.667. The number of β-amino-alcohol motifs (C(OH)–C–C–N with tert-alkyl or cyclic N) is 1. The molecule has 3 rings (SSSR count). The van der Waals surface area contributed by atoms with E-state index in [1.807, 2.05) is 11.0 Å². The molecular formula is C12H18N4O2. The second-order valence-corrected chi connectivity index (χ2v) is 5.13. The summed E-state index contributed by atoms with van der Waals surface area (Å²) in [6.45, 7) is 2.57. The Morgan fingerprint density at radius 3 is 2.83 bits per heavy atom. The van der Waals surface area contributed by atoms with E-state index < -0.39 is 5.60 Å². The minimum Gasteiger partial charge on any atom is -0.378 e. The lowest BCUT2D eigenvalue weighted by molar-refractivity contribution is -0.147. The largest absolute Gasteiger partial charge is 0.378 e. The maximum atomic E-state index is 12.3. The summed E-state index contributed by atoms with van der Waals surface area (Å²) in [5.41, 5.74) is -1.23. The van der Waals surface area contributed by atoms with Crippen molar-refractivity contribution < 1.29 is 9.90 Å². The van der Waals surface area contributed by atoms with E-state index in [9.17, 15) is 9.90 Å². The maximum absolute atomic E-state index is 12.3. The van der Waals surface area contributed by atoms with Gasteiger partial charge in [-0.1, -0.05) is 0 Å². The molecule has 0 saturated carbocycles. The normalized spacial score (nSPS) is 28.1. The highest BCUT2D eigenvalue weighted by atomic mass is 16.3. The molecule has 2 fully saturated rings. The van der Waals surface area contributed by atoms with Crippen molar-refractivity contribution in [2.75, 3.05) is 31.1 Å². The lowest BCUT2D eigenvalue weighted by Crippen LogP contribution is -2.49. The molecule has 0 radical (unpaired) electrons. The lowest BCUT2D eigenvalue weighted by Gasteiger charge is -2.27. The van der Waals surface area contributed by atoms with Crippen molar-refractivity contribution in [3.8, 4) is 0 Å². The number of aromatic amines is 1. The highest BCUT2D eigenvalue weighted by Gasteiger charge is 2.45. The van der Waals surface area contributed by atoms with Crippen molar-refractivity contribution in [3.05, 3.63) is 12.3 Å². The van der Waals surface area contributed by atoms with Crippen LogP contribution in [-0.2, 0) is 4.79 Å². The number of rotatable bonds is 2. The third-order valence-electron chi connectivity index (χ3n) is 3.85. The fourth-order valence-electron chi connectivity index (χ4n) is 2.81. The SMILES string of the molecule is O=C(N1CCCC1)C1(O)CCN(c2cc[nH]n2)C1. The highest BCUT2D eigenvalue weighted by molar-refractivity contribution is 5.86. The zero-order chi connectivity index (χ0) is 12.6.